The fourth-order valence-electron chi connectivity index (χ4n) is 4.26. The first-order valence-corrected chi connectivity index (χ1v) is 11.4. The van der Waals surface area contributed by atoms with Crippen LogP contribution in [0.25, 0.3) is 21.5 Å². The van der Waals surface area contributed by atoms with Gasteiger partial charge in [-0.15, -0.1) is 11.3 Å². The van der Waals surface area contributed by atoms with Gasteiger partial charge >= 0.3 is 0 Å². The highest BCUT2D eigenvalue weighted by molar-refractivity contribution is 7.13. The molecule has 4 nitrogen and oxygen atoms in total. The maximum Gasteiger partial charge on any atom is 0.254 e. The Bertz CT molecular complexity index is 1230. The monoisotopic (exact) mass is 426 g/mol. The minimum Gasteiger partial charge on any atom is -0.339 e. The Morgan fingerprint density at radius 1 is 0.903 bits per heavy atom. The summed E-state index contributed by atoms with van der Waals surface area (Å²) in [7, 11) is 0. The van der Waals surface area contributed by atoms with Crippen molar-refractivity contribution in [3.63, 3.8) is 0 Å². The smallest absolute Gasteiger partial charge is 0.254 e. The number of pyridine rings is 1. The lowest BCUT2D eigenvalue weighted by Crippen LogP contribution is -2.40. The summed E-state index contributed by atoms with van der Waals surface area (Å²) in [5, 5.41) is 2.89. The number of hydrogen-bond donors (Lipinski definition) is 0. The number of aromatic nitrogens is 1. The molecule has 0 bridgehead atoms. The van der Waals surface area contributed by atoms with Crippen molar-refractivity contribution < 1.29 is 9.59 Å². The molecule has 4 aromatic rings. The van der Waals surface area contributed by atoms with Gasteiger partial charge in [0.05, 0.1) is 21.7 Å². The van der Waals surface area contributed by atoms with Crippen molar-refractivity contribution in [2.24, 2.45) is 5.92 Å². The Balaban J connectivity index is 1.39. The lowest BCUT2D eigenvalue weighted by molar-refractivity contribution is 0.0652. The molecule has 5 heteroatoms. The first-order valence-electron chi connectivity index (χ1n) is 10.5. The van der Waals surface area contributed by atoms with E-state index < -0.39 is 0 Å². The van der Waals surface area contributed by atoms with Crippen molar-refractivity contribution in [2.75, 3.05) is 13.1 Å². The van der Waals surface area contributed by atoms with Gasteiger partial charge in [0.2, 0.25) is 0 Å². The predicted octanol–water partition coefficient (Wildman–Crippen LogP) is 5.70. The molecule has 0 N–H and O–H groups in total. The number of thiophene rings is 1. The van der Waals surface area contributed by atoms with Gasteiger partial charge in [0.1, 0.15) is 0 Å². The van der Waals surface area contributed by atoms with Gasteiger partial charge in [0.15, 0.2) is 5.78 Å². The van der Waals surface area contributed by atoms with Gasteiger partial charge in [-0.1, -0.05) is 54.6 Å². The number of nitrogens with zero attached hydrogens (tertiary/aromatic N) is 2. The maximum absolute atomic E-state index is 13.5. The van der Waals surface area contributed by atoms with E-state index in [2.05, 4.69) is 0 Å². The molecule has 0 aliphatic carbocycles. The molecule has 1 saturated heterocycles. The Morgan fingerprint density at radius 3 is 2.39 bits per heavy atom. The zero-order chi connectivity index (χ0) is 21.2. The van der Waals surface area contributed by atoms with Gasteiger partial charge in [-0.05, 0) is 36.4 Å². The highest BCUT2D eigenvalue weighted by Gasteiger charge is 2.29. The summed E-state index contributed by atoms with van der Waals surface area (Å²) in [6.45, 7) is 1.18. The third-order valence-corrected chi connectivity index (χ3v) is 6.82. The standard InChI is InChI=1S/C26H22N2O2S/c29-25(18-7-2-1-3-8-18)19-12-14-28(15-13-19)26(30)21-17-23(24-11-6-16-31-24)27-22-10-5-4-9-20(21)22/h1-11,16-17,19H,12-15H2. The minimum absolute atomic E-state index is 0.0158. The molecule has 1 amide bonds. The number of hydrogen-bond acceptors (Lipinski definition) is 4. The lowest BCUT2D eigenvalue weighted by Gasteiger charge is -2.31. The molecular formula is C26H22N2O2S. The normalized spacial score (nSPS) is 14.6. The van der Waals surface area contributed by atoms with E-state index in [4.69, 9.17) is 4.98 Å². The summed E-state index contributed by atoms with van der Waals surface area (Å²) in [5.74, 6) is 0.173. The van der Waals surface area contributed by atoms with Crippen LogP contribution in [-0.4, -0.2) is 34.7 Å². The van der Waals surface area contributed by atoms with E-state index in [1.54, 1.807) is 11.3 Å². The van der Waals surface area contributed by atoms with E-state index >= 15 is 0 Å². The largest absolute Gasteiger partial charge is 0.339 e. The molecule has 1 aliphatic rings. The Morgan fingerprint density at radius 2 is 1.65 bits per heavy atom. The first-order chi connectivity index (χ1) is 15.2. The second-order valence-corrected chi connectivity index (χ2v) is 8.79. The van der Waals surface area contributed by atoms with Crippen molar-refractivity contribution in [3.05, 3.63) is 89.3 Å². The molecule has 0 unspecified atom stereocenters. The average molecular weight is 427 g/mol. The predicted molar refractivity (Wildman–Crippen MR) is 124 cm³/mol. The molecule has 0 radical (unpaired) electrons. The topological polar surface area (TPSA) is 50.3 Å². The minimum atomic E-state index is -0.0256. The Kier molecular flexibility index (Phi) is 5.35. The summed E-state index contributed by atoms with van der Waals surface area (Å²) in [5.41, 5.74) is 3.09. The van der Waals surface area contributed by atoms with Crippen molar-refractivity contribution in [1.82, 2.24) is 9.88 Å². The third kappa shape index (κ3) is 3.89. The van der Waals surface area contributed by atoms with E-state index in [9.17, 15) is 9.59 Å². The number of carbonyl (C=O) groups is 2. The molecule has 2 aromatic carbocycles. The Hall–Kier alpha value is -3.31. The van der Waals surface area contributed by atoms with Gasteiger partial charge in [-0.3, -0.25) is 9.59 Å². The summed E-state index contributed by atoms with van der Waals surface area (Å²) in [4.78, 5) is 34.0. The van der Waals surface area contributed by atoms with E-state index in [1.807, 2.05) is 83.1 Å². The SMILES string of the molecule is O=C(c1ccccc1)C1CCN(C(=O)c2cc(-c3cccs3)nc3ccccc23)CC1. The number of carbonyl (C=O) groups excluding carboxylic acids is 2. The van der Waals surface area contributed by atoms with Crippen LogP contribution in [0.5, 0.6) is 0 Å². The second-order valence-electron chi connectivity index (χ2n) is 7.85. The van der Waals surface area contributed by atoms with E-state index in [-0.39, 0.29) is 17.6 Å². The lowest BCUT2D eigenvalue weighted by atomic mass is 9.88. The highest BCUT2D eigenvalue weighted by Crippen LogP contribution is 2.30. The molecule has 1 aliphatic heterocycles. The molecule has 0 atom stereocenters. The number of ketones is 1. The van der Waals surface area contributed by atoms with Crippen LogP contribution >= 0.6 is 11.3 Å². The zero-order valence-corrected chi connectivity index (χ0v) is 17.8. The Labute approximate surface area is 185 Å². The molecule has 2 aromatic heterocycles. The summed E-state index contributed by atoms with van der Waals surface area (Å²) < 4.78 is 0. The number of piperidine rings is 1. The van der Waals surface area contributed by atoms with Crippen molar-refractivity contribution >= 4 is 33.9 Å². The summed E-state index contributed by atoms with van der Waals surface area (Å²) in [6, 6.07) is 23.2. The molecular weight excluding hydrogens is 404 g/mol. The van der Waals surface area contributed by atoms with Crippen molar-refractivity contribution in [3.8, 4) is 10.6 Å². The number of benzene rings is 2. The van der Waals surface area contributed by atoms with Crippen LogP contribution in [-0.2, 0) is 0 Å². The van der Waals surface area contributed by atoms with Crippen LogP contribution in [0.3, 0.4) is 0 Å². The molecule has 0 saturated carbocycles. The number of para-hydroxylation sites is 1. The molecule has 3 heterocycles. The number of amides is 1. The number of fused-ring (bicyclic) bond motifs is 1. The van der Waals surface area contributed by atoms with Crippen LogP contribution in [0.15, 0.2) is 78.2 Å². The quantitative estimate of drug-likeness (QED) is 0.394. The van der Waals surface area contributed by atoms with Gasteiger partial charge in [-0.25, -0.2) is 4.98 Å². The van der Waals surface area contributed by atoms with E-state index in [1.165, 1.54) is 0 Å². The summed E-state index contributed by atoms with van der Waals surface area (Å²) in [6.07, 6.45) is 1.39. The van der Waals surface area contributed by atoms with Crippen molar-refractivity contribution in [2.45, 2.75) is 12.8 Å². The molecule has 5 rings (SSSR count). The average Bonchev–Trinajstić information content (AvgIpc) is 3.38. The second kappa shape index (κ2) is 8.44. The van der Waals surface area contributed by atoms with Crippen LogP contribution < -0.4 is 0 Å². The van der Waals surface area contributed by atoms with E-state index in [0.717, 1.165) is 27.0 Å². The van der Waals surface area contributed by atoms with E-state index in [0.29, 0.717) is 31.5 Å². The fourth-order valence-corrected chi connectivity index (χ4v) is 4.94. The fraction of sp³-hybridized carbons (Fsp3) is 0.192. The maximum atomic E-state index is 13.5. The summed E-state index contributed by atoms with van der Waals surface area (Å²) >= 11 is 1.62. The number of likely N-dealkylation sites (tertiary alicyclic amines) is 1. The van der Waals surface area contributed by atoms with Crippen LogP contribution in [0.2, 0.25) is 0 Å². The first kappa shape index (κ1) is 19.6. The third-order valence-electron chi connectivity index (χ3n) is 5.93. The molecule has 1 fully saturated rings. The van der Waals surface area contributed by atoms with Crippen LogP contribution in [0.1, 0.15) is 33.6 Å². The number of Topliss-reactive ketones (excluding diaryl/α,β-unsaturated/α-hetero) is 1. The molecule has 31 heavy (non-hydrogen) atoms. The van der Waals surface area contributed by atoms with Crippen LogP contribution in [0, 0.1) is 5.92 Å². The van der Waals surface area contributed by atoms with Crippen molar-refractivity contribution in [1.29, 1.82) is 0 Å². The molecule has 0 spiro atoms. The van der Waals surface area contributed by atoms with Gasteiger partial charge in [0, 0.05) is 30.0 Å². The zero-order valence-electron chi connectivity index (χ0n) is 17.0. The molecule has 154 valence electrons. The number of rotatable bonds is 4. The highest BCUT2D eigenvalue weighted by atomic mass is 32.1. The van der Waals surface area contributed by atoms with Gasteiger partial charge in [0.25, 0.3) is 5.91 Å². The van der Waals surface area contributed by atoms with Gasteiger partial charge in [-0.2, -0.15) is 0 Å². The van der Waals surface area contributed by atoms with Crippen LogP contribution in [0.4, 0.5) is 0 Å². The van der Waals surface area contributed by atoms with Gasteiger partial charge < -0.3 is 4.90 Å².